The number of nitrogens with zero attached hydrogens (tertiary/aromatic N) is 4. The summed E-state index contributed by atoms with van der Waals surface area (Å²) in [5, 5.41) is 0. The number of ether oxygens (including phenoxy) is 2. The van der Waals surface area contributed by atoms with Gasteiger partial charge in [0.15, 0.2) is 0 Å². The van der Waals surface area contributed by atoms with Crippen molar-refractivity contribution in [2.24, 2.45) is 9.98 Å². The van der Waals surface area contributed by atoms with Crippen molar-refractivity contribution in [2.45, 2.75) is 41.5 Å². The van der Waals surface area contributed by atoms with Crippen molar-refractivity contribution in [3.05, 3.63) is 154 Å². The van der Waals surface area contributed by atoms with E-state index in [0.717, 1.165) is 56.1 Å². The van der Waals surface area contributed by atoms with Gasteiger partial charge in [0.1, 0.15) is 0 Å². The van der Waals surface area contributed by atoms with Gasteiger partial charge in [0.05, 0.1) is 60.5 Å². The van der Waals surface area contributed by atoms with E-state index >= 15 is 0 Å². The molecule has 0 unspecified atom stereocenters. The minimum absolute atomic E-state index is 0. The summed E-state index contributed by atoms with van der Waals surface area (Å²) in [4.78, 5) is 43.1. The van der Waals surface area contributed by atoms with Gasteiger partial charge in [-0.1, -0.05) is 96.1 Å². The molecule has 0 aliphatic rings. The van der Waals surface area contributed by atoms with Gasteiger partial charge in [-0.05, 0) is 88.1 Å². The Balaban J connectivity index is 0.000000543. The summed E-state index contributed by atoms with van der Waals surface area (Å²) >= 11 is 0. The molecule has 2 heterocycles. The molecule has 0 saturated carbocycles. The maximum Gasteiger partial charge on any atom is 0.225 e. The molecular weight excluding hydrogens is 955 g/mol. The summed E-state index contributed by atoms with van der Waals surface area (Å²) in [6, 6.07) is 34.9. The molecule has 309 valence electrons. The average Bonchev–Trinajstić information content (AvgIpc) is 3.17. The third-order valence-corrected chi connectivity index (χ3v) is 8.67. The van der Waals surface area contributed by atoms with Crippen molar-refractivity contribution in [1.82, 2.24) is 9.97 Å². The smallest absolute Gasteiger partial charge is 0.225 e. The molecule has 0 atom stereocenters. The van der Waals surface area contributed by atoms with Gasteiger partial charge in [-0.2, -0.15) is 0 Å². The van der Waals surface area contributed by atoms with E-state index < -0.39 is 0 Å². The second-order valence-electron chi connectivity index (χ2n) is 13.0. The van der Waals surface area contributed by atoms with E-state index in [9.17, 15) is 9.59 Å². The van der Waals surface area contributed by atoms with Crippen molar-refractivity contribution < 1.29 is 52.6 Å². The van der Waals surface area contributed by atoms with Gasteiger partial charge in [0, 0.05) is 44.7 Å². The van der Waals surface area contributed by atoms with Gasteiger partial charge in [0.25, 0.3) is 0 Å². The number of hydrogen-bond donors (Lipinski definition) is 0. The predicted molar refractivity (Wildman–Crippen MR) is 239 cm³/mol. The first-order valence-electron chi connectivity index (χ1n) is 17.5. The first-order chi connectivity index (χ1) is 26.0. The Kier molecular flexibility index (Phi) is 21.6. The molecule has 58 heavy (non-hydrogen) atoms. The van der Waals surface area contributed by atoms with Crippen LogP contribution in [0.2, 0.25) is 0 Å². The molecule has 4 aromatic carbocycles. The van der Waals surface area contributed by atoms with Crippen LogP contribution in [-0.4, -0.2) is 48.2 Å². The van der Waals surface area contributed by atoms with Crippen LogP contribution in [0.15, 0.2) is 119 Å². The predicted octanol–water partition coefficient (Wildman–Crippen LogP) is 11.7. The number of carbonyl (C=O) groups excluding carboxylic acids is 2. The third kappa shape index (κ3) is 13.2. The Morgan fingerprint density at radius 2 is 0.828 bits per heavy atom. The van der Waals surface area contributed by atoms with Crippen LogP contribution in [-0.2, 0) is 33.6 Å². The van der Waals surface area contributed by atoms with Crippen LogP contribution in [0.4, 0.5) is 11.4 Å². The van der Waals surface area contributed by atoms with Gasteiger partial charge in [-0.15, -0.1) is 34.0 Å². The number of aliphatic imine (C=N–C) groups is 2. The molecule has 0 fully saturated rings. The molecule has 8 nitrogen and oxygen atoms in total. The molecule has 0 bridgehead atoms. The first-order valence-corrected chi connectivity index (χ1v) is 17.5. The molecule has 0 N–H and O–H groups in total. The minimum Gasteiger partial charge on any atom is -0.480 e. The molecule has 0 aliphatic carbocycles. The second kappa shape index (κ2) is 24.4. The normalized spacial score (nSPS) is 10.2. The van der Waals surface area contributed by atoms with E-state index in [-0.39, 0.29) is 79.1 Å². The molecule has 1 radical (unpaired) electrons. The first kappa shape index (κ1) is 51.5. The zero-order valence-corrected chi connectivity index (χ0v) is 38.8. The van der Waals surface area contributed by atoms with E-state index in [1.807, 2.05) is 114 Å². The number of rotatable bonds is 10. The number of methoxy groups -OCH3 is 2. The summed E-state index contributed by atoms with van der Waals surface area (Å²) < 4.78 is 10.7. The number of aromatic nitrogens is 2. The van der Waals surface area contributed by atoms with Crippen LogP contribution in [0.5, 0.6) is 11.8 Å². The standard InChI is InChI=1S/2C23H22N2O2.2BrH.Cu.Ni/c2*1-15-12-16(2)22(17(3)13-15)24-14-21(26)19-10-11-20(25-23(19)27-4)18-8-6-5-7-9-18;;;;/h2*5-14H,1-4H3;2*1H;;. The van der Waals surface area contributed by atoms with Crippen molar-refractivity contribution in [3.63, 3.8) is 0 Å². The van der Waals surface area contributed by atoms with Gasteiger partial charge in [-0.3, -0.25) is 19.6 Å². The molecule has 2 aromatic heterocycles. The van der Waals surface area contributed by atoms with Crippen molar-refractivity contribution in [3.8, 4) is 34.3 Å². The number of ketones is 2. The summed E-state index contributed by atoms with van der Waals surface area (Å²) in [6.45, 7) is 12.1. The molecule has 0 saturated heterocycles. The minimum atomic E-state index is -0.238. The summed E-state index contributed by atoms with van der Waals surface area (Å²) in [5.74, 6) is 0.118. The fraction of sp³-hybridized carbons (Fsp3) is 0.174. The molecule has 6 rings (SSSR count). The number of Topliss-reactive ketones (excluding diaryl/α,β-unsaturated/α-hetero) is 2. The number of halogens is 2. The second-order valence-corrected chi connectivity index (χ2v) is 13.0. The monoisotopic (exact) mass is 997 g/mol. The van der Waals surface area contributed by atoms with E-state index in [0.29, 0.717) is 22.9 Å². The zero-order chi connectivity index (χ0) is 38.8. The molecule has 12 heteroatoms. The maximum absolute atomic E-state index is 12.7. The number of hydrogen-bond acceptors (Lipinski definition) is 8. The van der Waals surface area contributed by atoms with Crippen molar-refractivity contribution in [1.29, 1.82) is 0 Å². The van der Waals surface area contributed by atoms with E-state index in [1.165, 1.54) is 37.8 Å². The maximum atomic E-state index is 12.7. The molecular formula is C46H46Br2CuN4NiO4. The summed E-state index contributed by atoms with van der Waals surface area (Å²) in [6.07, 6.45) is 2.68. The van der Waals surface area contributed by atoms with Crippen LogP contribution < -0.4 is 9.47 Å². The van der Waals surface area contributed by atoms with Gasteiger partial charge >= 0.3 is 0 Å². The molecule has 0 amide bonds. The number of benzene rings is 4. The Morgan fingerprint density at radius 1 is 0.517 bits per heavy atom. The van der Waals surface area contributed by atoms with Crippen LogP contribution >= 0.6 is 34.0 Å². The number of carbonyl (C=O) groups is 2. The van der Waals surface area contributed by atoms with E-state index in [2.05, 4.69) is 44.2 Å². The van der Waals surface area contributed by atoms with Crippen LogP contribution in [0.25, 0.3) is 22.5 Å². The quantitative estimate of drug-likeness (QED) is 0.0769. The van der Waals surface area contributed by atoms with Gasteiger partial charge in [0.2, 0.25) is 23.3 Å². The number of aryl methyl sites for hydroxylation is 6. The Morgan fingerprint density at radius 3 is 1.12 bits per heavy atom. The molecule has 6 aromatic rings. The topological polar surface area (TPSA) is 103 Å². The molecule has 0 aliphatic heterocycles. The average molecular weight is 1000 g/mol. The summed E-state index contributed by atoms with van der Waals surface area (Å²) in [5.41, 5.74) is 12.4. The largest absolute Gasteiger partial charge is 0.480 e. The zero-order valence-electron chi connectivity index (χ0n) is 33.4. The Bertz CT molecular complexity index is 2160. The Hall–Kier alpha value is -4.57. The number of pyridine rings is 2. The van der Waals surface area contributed by atoms with Crippen LogP contribution in [0.3, 0.4) is 0 Å². The van der Waals surface area contributed by atoms with Crippen molar-refractivity contribution in [2.75, 3.05) is 14.2 Å². The van der Waals surface area contributed by atoms with Crippen molar-refractivity contribution >= 4 is 69.3 Å². The van der Waals surface area contributed by atoms with Crippen LogP contribution in [0, 0.1) is 41.5 Å². The van der Waals surface area contributed by atoms with Gasteiger partial charge in [-0.25, -0.2) is 9.97 Å². The molecule has 0 spiro atoms. The third-order valence-electron chi connectivity index (χ3n) is 8.67. The van der Waals surface area contributed by atoms with Gasteiger partial charge < -0.3 is 9.47 Å². The fourth-order valence-corrected chi connectivity index (χ4v) is 6.24. The van der Waals surface area contributed by atoms with Crippen LogP contribution in [0.1, 0.15) is 54.1 Å². The SMILES string of the molecule is Br.Br.COc1nc(-c2ccccc2)ccc1C(=O)C=Nc1c(C)cc(C)cc1C.COc1nc(-c2ccccc2)ccc1C(=O)C=Nc1c(C)cc(C)cc1C.[Cu].[Ni]. The fourth-order valence-electron chi connectivity index (χ4n) is 6.24. The van der Waals surface area contributed by atoms with E-state index in [4.69, 9.17) is 9.47 Å². The summed E-state index contributed by atoms with van der Waals surface area (Å²) in [7, 11) is 3.03. The Labute approximate surface area is 383 Å². The van der Waals surface area contributed by atoms with E-state index in [1.54, 1.807) is 12.1 Å².